The number of carbonyl (C=O) groups excluding carboxylic acids is 1. The van der Waals surface area contributed by atoms with Crippen LogP contribution in [-0.4, -0.2) is 65.4 Å². The summed E-state index contributed by atoms with van der Waals surface area (Å²) >= 11 is 1.28. The lowest BCUT2D eigenvalue weighted by Crippen LogP contribution is -2.41. The number of fused-ring (bicyclic) bond motifs is 1. The molecular formula is C23H23FN6O3S. The molecule has 2 aliphatic heterocycles. The zero-order chi connectivity index (χ0) is 24.0. The van der Waals surface area contributed by atoms with E-state index < -0.39 is 6.09 Å². The summed E-state index contributed by atoms with van der Waals surface area (Å²) < 4.78 is 19.8. The first-order valence-electron chi connectivity index (χ1n) is 11.0. The zero-order valence-electron chi connectivity index (χ0n) is 18.7. The molecule has 3 aromatic rings. The Balaban J connectivity index is 1.56. The van der Waals surface area contributed by atoms with Crippen LogP contribution in [-0.2, 0) is 6.54 Å². The summed E-state index contributed by atoms with van der Waals surface area (Å²) in [6, 6.07) is 5.27. The van der Waals surface area contributed by atoms with Crippen LogP contribution in [0.4, 0.5) is 9.18 Å². The molecule has 1 atom stereocenters. The van der Waals surface area contributed by atoms with Crippen molar-refractivity contribution in [3.8, 4) is 10.8 Å². The van der Waals surface area contributed by atoms with Gasteiger partial charge in [-0.3, -0.25) is 4.79 Å². The molecular weight excluding hydrogens is 459 g/mol. The van der Waals surface area contributed by atoms with Gasteiger partial charge in [0.2, 0.25) is 0 Å². The van der Waals surface area contributed by atoms with Gasteiger partial charge in [0.1, 0.15) is 11.6 Å². The van der Waals surface area contributed by atoms with E-state index in [9.17, 15) is 19.1 Å². The smallest absolute Gasteiger partial charge is 0.407 e. The van der Waals surface area contributed by atoms with Gasteiger partial charge in [0.25, 0.3) is 5.91 Å². The minimum atomic E-state index is -0.948. The van der Waals surface area contributed by atoms with E-state index in [1.54, 1.807) is 4.90 Å². The molecule has 4 heterocycles. The third-order valence-electron chi connectivity index (χ3n) is 6.29. The minimum Gasteiger partial charge on any atom is -0.465 e. The lowest BCUT2D eigenvalue weighted by Gasteiger charge is -2.36. The number of aromatic nitrogens is 4. The fourth-order valence-electron chi connectivity index (χ4n) is 4.55. The van der Waals surface area contributed by atoms with Crippen molar-refractivity contribution >= 4 is 29.1 Å². The molecule has 0 bridgehead atoms. The predicted molar refractivity (Wildman–Crippen MR) is 124 cm³/mol. The molecule has 11 heteroatoms. The average Bonchev–Trinajstić information content (AvgIpc) is 3.43. The van der Waals surface area contributed by atoms with Crippen LogP contribution in [0.1, 0.15) is 47.0 Å². The lowest BCUT2D eigenvalue weighted by molar-refractivity contribution is 0.0644. The number of benzene rings is 1. The molecule has 0 saturated carbocycles. The van der Waals surface area contributed by atoms with Gasteiger partial charge in [-0.15, -0.1) is 0 Å². The molecule has 176 valence electrons. The summed E-state index contributed by atoms with van der Waals surface area (Å²) in [5.41, 5.74) is 3.03. The van der Waals surface area contributed by atoms with Gasteiger partial charge in [-0.2, -0.15) is 4.37 Å². The van der Waals surface area contributed by atoms with Crippen LogP contribution in [0, 0.1) is 12.7 Å². The number of hydrogen-bond acceptors (Lipinski definition) is 6. The summed E-state index contributed by atoms with van der Waals surface area (Å²) in [4.78, 5) is 37.2. The molecule has 0 aliphatic carbocycles. The largest absolute Gasteiger partial charge is 0.465 e. The number of hydrogen-bond donors (Lipinski definition) is 1. The second-order valence-electron chi connectivity index (χ2n) is 8.36. The highest BCUT2D eigenvalue weighted by molar-refractivity contribution is 7.09. The molecule has 5 rings (SSSR count). The quantitative estimate of drug-likeness (QED) is 0.608. The van der Waals surface area contributed by atoms with E-state index in [4.69, 9.17) is 4.98 Å². The van der Waals surface area contributed by atoms with E-state index >= 15 is 0 Å². The Morgan fingerprint density at radius 3 is 2.53 bits per heavy atom. The van der Waals surface area contributed by atoms with Crippen molar-refractivity contribution in [2.24, 2.45) is 0 Å². The van der Waals surface area contributed by atoms with Gasteiger partial charge >= 0.3 is 6.09 Å². The van der Waals surface area contributed by atoms with Gasteiger partial charge in [0, 0.05) is 31.7 Å². The van der Waals surface area contributed by atoms with E-state index in [-0.39, 0.29) is 24.3 Å². The van der Waals surface area contributed by atoms with Gasteiger partial charge < -0.3 is 19.5 Å². The van der Waals surface area contributed by atoms with E-state index in [0.29, 0.717) is 48.3 Å². The highest BCUT2D eigenvalue weighted by Gasteiger charge is 2.35. The van der Waals surface area contributed by atoms with Crippen LogP contribution in [0.3, 0.4) is 0 Å². The second kappa shape index (κ2) is 8.64. The molecule has 0 radical (unpaired) electrons. The molecule has 2 aromatic heterocycles. The first-order chi connectivity index (χ1) is 16.3. The summed E-state index contributed by atoms with van der Waals surface area (Å²) in [6.07, 6.45) is 1.48. The number of carbonyl (C=O) groups is 2. The Labute approximate surface area is 199 Å². The number of amides is 2. The van der Waals surface area contributed by atoms with Gasteiger partial charge in [-0.1, -0.05) is 6.08 Å². The highest BCUT2D eigenvalue weighted by atomic mass is 32.1. The Kier molecular flexibility index (Phi) is 5.64. The lowest BCUT2D eigenvalue weighted by atomic mass is 9.98. The van der Waals surface area contributed by atoms with E-state index in [1.165, 1.54) is 40.7 Å². The summed E-state index contributed by atoms with van der Waals surface area (Å²) in [5, 5.41) is 10.0. The molecule has 9 nitrogen and oxygen atoms in total. The van der Waals surface area contributed by atoms with Crippen molar-refractivity contribution in [1.82, 2.24) is 28.7 Å². The van der Waals surface area contributed by atoms with E-state index in [2.05, 4.69) is 13.9 Å². The summed E-state index contributed by atoms with van der Waals surface area (Å²) in [7, 11) is 0. The normalized spacial score (nSPS) is 18.0. The molecule has 2 aliphatic rings. The van der Waals surface area contributed by atoms with E-state index in [0.717, 1.165) is 17.0 Å². The summed E-state index contributed by atoms with van der Waals surface area (Å²) in [6.45, 7) is 5.46. The molecule has 2 amide bonds. The van der Waals surface area contributed by atoms with Crippen molar-refractivity contribution in [2.75, 3.05) is 19.6 Å². The van der Waals surface area contributed by atoms with Gasteiger partial charge in [0.15, 0.2) is 10.8 Å². The number of imidazole rings is 1. The van der Waals surface area contributed by atoms with Crippen LogP contribution >= 0.6 is 11.5 Å². The van der Waals surface area contributed by atoms with Crippen molar-refractivity contribution in [1.29, 1.82) is 0 Å². The standard InChI is InChI=1S/C23H23FN6O3S/c1-13-19-18(15-7-9-28(10-8-15)23(32)33)26-20(21-25-14(2)27-34-21)30(19)12-11-29(13)22(31)16-3-5-17(24)6-4-16/h3-7,13H,8-12H2,1-2H3,(H,32,33)/t13-/m1/s1. The molecule has 0 saturated heterocycles. The molecule has 34 heavy (non-hydrogen) atoms. The minimum absolute atomic E-state index is 0.172. The van der Waals surface area contributed by atoms with Gasteiger partial charge in [-0.05, 0) is 61.6 Å². The fraction of sp³-hybridized carbons (Fsp3) is 0.348. The number of rotatable bonds is 3. The van der Waals surface area contributed by atoms with Crippen LogP contribution in [0.15, 0.2) is 30.3 Å². The van der Waals surface area contributed by atoms with Crippen LogP contribution in [0.5, 0.6) is 0 Å². The number of halogens is 1. The molecule has 0 fully saturated rings. The number of aryl methyl sites for hydroxylation is 1. The maximum absolute atomic E-state index is 13.4. The van der Waals surface area contributed by atoms with Crippen molar-refractivity contribution in [3.05, 3.63) is 58.9 Å². The monoisotopic (exact) mass is 482 g/mol. The predicted octanol–water partition coefficient (Wildman–Crippen LogP) is 3.83. The first kappa shape index (κ1) is 22.2. The third-order valence-corrected chi connectivity index (χ3v) is 7.09. The van der Waals surface area contributed by atoms with Gasteiger partial charge in [-0.25, -0.2) is 19.2 Å². The maximum Gasteiger partial charge on any atom is 0.407 e. The van der Waals surface area contributed by atoms with Crippen molar-refractivity contribution < 1.29 is 19.1 Å². The molecule has 1 N–H and O–H groups in total. The average molecular weight is 483 g/mol. The second-order valence-corrected chi connectivity index (χ2v) is 9.11. The third kappa shape index (κ3) is 3.85. The van der Waals surface area contributed by atoms with Crippen molar-refractivity contribution in [2.45, 2.75) is 32.9 Å². The van der Waals surface area contributed by atoms with E-state index in [1.807, 2.05) is 19.9 Å². The summed E-state index contributed by atoms with van der Waals surface area (Å²) in [5.74, 6) is 0.817. The van der Waals surface area contributed by atoms with Crippen LogP contribution in [0.25, 0.3) is 16.4 Å². The Bertz CT molecular complexity index is 1300. The van der Waals surface area contributed by atoms with Crippen LogP contribution < -0.4 is 0 Å². The van der Waals surface area contributed by atoms with Gasteiger partial charge in [0.05, 0.1) is 17.4 Å². The molecule has 0 unspecified atom stereocenters. The Morgan fingerprint density at radius 1 is 1.15 bits per heavy atom. The SMILES string of the molecule is Cc1nsc(-c2nc(C3=CCN(C(=O)O)CC3)c3n2CCN(C(=O)c2ccc(F)cc2)[C@@H]3C)n1. The molecule has 1 aromatic carbocycles. The Hall–Kier alpha value is -3.60. The Morgan fingerprint density at radius 2 is 1.91 bits per heavy atom. The molecule has 0 spiro atoms. The fourth-order valence-corrected chi connectivity index (χ4v) is 5.22. The van der Waals surface area contributed by atoms with Crippen molar-refractivity contribution in [3.63, 3.8) is 0 Å². The number of carboxylic acid groups (broad SMARTS) is 1. The first-order valence-corrected chi connectivity index (χ1v) is 11.8. The highest BCUT2D eigenvalue weighted by Crippen LogP contribution is 2.38. The number of nitrogens with zero attached hydrogens (tertiary/aromatic N) is 6. The van der Waals surface area contributed by atoms with Crippen LogP contribution in [0.2, 0.25) is 0 Å². The maximum atomic E-state index is 13.4. The topological polar surface area (TPSA) is 104 Å². The zero-order valence-corrected chi connectivity index (χ0v) is 19.5.